The molecule has 336 valence electrons. The fourth-order valence-corrected chi connectivity index (χ4v) is 8.21. The first kappa shape index (κ1) is 49.7. The third-order valence-electron chi connectivity index (χ3n) is 13.7. The number of likely N-dealkylation sites (tertiary alicyclic amines) is 3. The molecule has 3 heterocycles. The highest BCUT2D eigenvalue weighted by atomic mass is 16.2. The molecule has 0 saturated carbocycles. The molecule has 3 aliphatic heterocycles. The minimum atomic E-state index is -0.573. The second-order valence-electron chi connectivity index (χ2n) is 19.3. The van der Waals surface area contributed by atoms with Crippen LogP contribution in [-0.4, -0.2) is 75.4 Å². The molecule has 9 nitrogen and oxygen atoms in total. The van der Waals surface area contributed by atoms with E-state index in [9.17, 15) is 28.8 Å². The smallest absolute Gasteiger partial charge is 0.291 e. The molecule has 6 rings (SSSR count). The van der Waals surface area contributed by atoms with Crippen LogP contribution in [0.15, 0.2) is 84.9 Å². The highest BCUT2D eigenvalue weighted by Crippen LogP contribution is 2.36. The number of hydrogen-bond acceptors (Lipinski definition) is 6. The number of nitrogens with zero attached hydrogens (tertiary/aromatic N) is 3. The second kappa shape index (κ2) is 21.9. The van der Waals surface area contributed by atoms with Crippen LogP contribution in [0.5, 0.6) is 0 Å². The van der Waals surface area contributed by atoms with Crippen molar-refractivity contribution in [2.45, 2.75) is 152 Å². The Bertz CT molecular complexity index is 2010. The molecule has 3 fully saturated rings. The average molecular weight is 848 g/mol. The van der Waals surface area contributed by atoms with Crippen LogP contribution < -0.4 is 0 Å². The summed E-state index contributed by atoms with van der Waals surface area (Å²) in [6.07, 6.45) is 8.67. The molecular weight excluding hydrogens is 775 g/mol. The van der Waals surface area contributed by atoms with Gasteiger partial charge in [-0.1, -0.05) is 153 Å². The highest BCUT2D eigenvalue weighted by Gasteiger charge is 2.41. The van der Waals surface area contributed by atoms with Gasteiger partial charge in [0.1, 0.15) is 0 Å². The monoisotopic (exact) mass is 848 g/mol. The van der Waals surface area contributed by atoms with E-state index in [1.165, 1.54) is 11.1 Å². The Morgan fingerprint density at radius 2 is 0.887 bits per heavy atom. The van der Waals surface area contributed by atoms with Gasteiger partial charge in [-0.15, -0.1) is 0 Å². The topological polar surface area (TPSA) is 112 Å². The zero-order valence-corrected chi connectivity index (χ0v) is 39.3. The molecule has 0 aliphatic carbocycles. The summed E-state index contributed by atoms with van der Waals surface area (Å²) in [4.78, 5) is 80.2. The van der Waals surface area contributed by atoms with Gasteiger partial charge in [-0.3, -0.25) is 28.8 Å². The Balaban J connectivity index is 0.000000205. The molecule has 0 N–H and O–H groups in total. The van der Waals surface area contributed by atoms with Crippen LogP contribution in [0.2, 0.25) is 0 Å². The van der Waals surface area contributed by atoms with E-state index in [-0.39, 0.29) is 53.2 Å². The van der Waals surface area contributed by atoms with E-state index in [2.05, 4.69) is 37.3 Å². The molecule has 0 spiro atoms. The van der Waals surface area contributed by atoms with Crippen LogP contribution in [0.3, 0.4) is 0 Å². The van der Waals surface area contributed by atoms with Crippen LogP contribution >= 0.6 is 0 Å². The number of ketones is 3. The number of rotatable bonds is 13. The third kappa shape index (κ3) is 12.4. The predicted octanol–water partition coefficient (Wildman–Crippen LogP) is 10.2. The van der Waals surface area contributed by atoms with Crippen molar-refractivity contribution in [2.75, 3.05) is 19.6 Å². The second-order valence-corrected chi connectivity index (χ2v) is 19.3. The lowest BCUT2D eigenvalue weighted by Crippen LogP contribution is -2.45. The molecule has 3 saturated heterocycles. The maximum Gasteiger partial charge on any atom is 0.291 e. The van der Waals surface area contributed by atoms with Gasteiger partial charge in [-0.25, -0.2) is 0 Å². The first-order valence-electron chi connectivity index (χ1n) is 23.0. The standard InChI is InChI=1S/2C18H25NO2.C17H23NO2/c1-5-18(3,4)16(20)17(21)19-11-7-10-15(19)14-9-6-8-13(2)12-14;1-4-18(2,3)16(20)17(21)19-12-8-11-15(19)13-14-9-6-5-7-10-14;1-4-17(2,3)15(19)16(20)18-12-8-11-14(18)13-9-6-5-7-10-13/h6,8-9,12,15H,5,7,10-11H2,1-4H3;5-7,9-10,15H,4,8,11-13H2,1-3H3;5-7,9-10,14H,4,8,11-12H2,1-3H3. The summed E-state index contributed by atoms with van der Waals surface area (Å²) in [5.74, 6) is -1.69. The van der Waals surface area contributed by atoms with Crippen molar-refractivity contribution in [1.82, 2.24) is 14.7 Å². The number of Topliss-reactive ketones (excluding diaryl/α,β-unsaturated/α-hetero) is 3. The minimum Gasteiger partial charge on any atom is -0.333 e. The van der Waals surface area contributed by atoms with Crippen LogP contribution in [0.25, 0.3) is 0 Å². The lowest BCUT2D eigenvalue weighted by Gasteiger charge is -2.28. The van der Waals surface area contributed by atoms with E-state index in [0.717, 1.165) is 56.1 Å². The number of aryl methyl sites for hydroxylation is 1. The molecule has 3 atom stereocenters. The van der Waals surface area contributed by atoms with Gasteiger partial charge in [0.15, 0.2) is 0 Å². The maximum absolute atomic E-state index is 12.6. The van der Waals surface area contributed by atoms with Crippen molar-refractivity contribution in [3.05, 3.63) is 107 Å². The first-order chi connectivity index (χ1) is 29.3. The number of carbonyl (C=O) groups excluding carboxylic acids is 6. The average Bonchev–Trinajstić information content (AvgIpc) is 4.08. The summed E-state index contributed by atoms with van der Waals surface area (Å²) in [6, 6.07) is 28.7. The molecule has 62 heavy (non-hydrogen) atoms. The SMILES string of the molecule is CCC(C)(C)C(=O)C(=O)N1CCCC1Cc1ccccc1.CCC(C)(C)C(=O)C(=O)N1CCCC1c1cccc(C)c1.CCC(C)(C)C(=O)C(=O)N1CCCC1c1ccccc1. The molecule has 0 bridgehead atoms. The molecule has 3 aliphatic rings. The van der Waals surface area contributed by atoms with Gasteiger partial charge in [0, 0.05) is 41.9 Å². The predicted molar refractivity (Wildman–Crippen MR) is 247 cm³/mol. The summed E-state index contributed by atoms with van der Waals surface area (Å²) in [5.41, 5.74) is 2.98. The largest absolute Gasteiger partial charge is 0.333 e. The van der Waals surface area contributed by atoms with E-state index < -0.39 is 16.2 Å². The van der Waals surface area contributed by atoms with Crippen molar-refractivity contribution in [2.24, 2.45) is 16.2 Å². The van der Waals surface area contributed by atoms with E-state index in [1.807, 2.05) is 117 Å². The summed E-state index contributed by atoms with van der Waals surface area (Å²) in [5, 5.41) is 0. The van der Waals surface area contributed by atoms with Gasteiger partial charge >= 0.3 is 0 Å². The summed E-state index contributed by atoms with van der Waals surface area (Å²) in [7, 11) is 0. The number of carbonyl (C=O) groups is 6. The Labute approximate surface area is 372 Å². The number of benzene rings is 3. The fourth-order valence-electron chi connectivity index (χ4n) is 8.21. The maximum atomic E-state index is 12.6. The Kier molecular flexibility index (Phi) is 17.6. The van der Waals surface area contributed by atoms with Gasteiger partial charge in [-0.2, -0.15) is 0 Å². The third-order valence-corrected chi connectivity index (χ3v) is 13.7. The Morgan fingerprint density at radius 1 is 0.500 bits per heavy atom. The zero-order chi connectivity index (χ0) is 45.8. The lowest BCUT2D eigenvalue weighted by molar-refractivity contribution is -0.149. The van der Waals surface area contributed by atoms with E-state index >= 15 is 0 Å². The number of hydrogen-bond donors (Lipinski definition) is 0. The van der Waals surface area contributed by atoms with Crippen molar-refractivity contribution >= 4 is 35.1 Å². The van der Waals surface area contributed by atoms with E-state index in [1.54, 1.807) is 14.7 Å². The van der Waals surface area contributed by atoms with Crippen molar-refractivity contribution in [1.29, 1.82) is 0 Å². The van der Waals surface area contributed by atoms with E-state index in [0.29, 0.717) is 38.9 Å². The molecule has 0 radical (unpaired) electrons. The van der Waals surface area contributed by atoms with Gasteiger partial charge < -0.3 is 14.7 Å². The van der Waals surface area contributed by atoms with Gasteiger partial charge in [0.05, 0.1) is 12.1 Å². The normalized spacial score (nSPS) is 18.9. The molecule has 3 amide bonds. The van der Waals surface area contributed by atoms with Crippen molar-refractivity contribution < 1.29 is 28.8 Å². The van der Waals surface area contributed by atoms with Crippen LogP contribution in [-0.2, 0) is 35.2 Å². The molecular formula is C53H73N3O6. The zero-order valence-electron chi connectivity index (χ0n) is 39.3. The minimum absolute atomic E-state index is 0.0500. The highest BCUT2D eigenvalue weighted by molar-refractivity contribution is 6.39. The first-order valence-corrected chi connectivity index (χ1v) is 23.0. The van der Waals surface area contributed by atoms with Gasteiger partial charge in [0.2, 0.25) is 17.3 Å². The molecule has 3 aromatic rings. The van der Waals surface area contributed by atoms with Crippen molar-refractivity contribution in [3.8, 4) is 0 Å². The lowest BCUT2D eigenvalue weighted by atomic mass is 9.84. The molecule has 3 aromatic carbocycles. The van der Waals surface area contributed by atoms with Crippen LogP contribution in [0.1, 0.15) is 154 Å². The Hall–Kier alpha value is -4.92. The quantitative estimate of drug-likeness (QED) is 0.158. The number of amides is 3. The molecule has 0 aromatic heterocycles. The Morgan fingerprint density at radius 3 is 1.34 bits per heavy atom. The molecule has 3 unspecified atom stereocenters. The van der Waals surface area contributed by atoms with Crippen molar-refractivity contribution in [3.63, 3.8) is 0 Å². The van der Waals surface area contributed by atoms with Gasteiger partial charge in [-0.05, 0) is 87.8 Å². The fraction of sp³-hybridized carbons (Fsp3) is 0.547. The summed E-state index contributed by atoms with van der Waals surface area (Å²) in [6.45, 7) is 21.1. The van der Waals surface area contributed by atoms with Crippen LogP contribution in [0, 0.1) is 23.2 Å². The molecule has 9 heteroatoms. The summed E-state index contributed by atoms with van der Waals surface area (Å²) >= 11 is 0. The van der Waals surface area contributed by atoms with E-state index in [4.69, 9.17) is 0 Å². The van der Waals surface area contributed by atoms with Gasteiger partial charge in [0.25, 0.3) is 17.7 Å². The summed E-state index contributed by atoms with van der Waals surface area (Å²) < 4.78 is 0. The van der Waals surface area contributed by atoms with Crippen LogP contribution in [0.4, 0.5) is 0 Å².